The summed E-state index contributed by atoms with van der Waals surface area (Å²) >= 11 is 1.60. The smallest absolute Gasteiger partial charge is 0.115 e. The van der Waals surface area contributed by atoms with E-state index in [4.69, 9.17) is 4.74 Å². The second-order valence-electron chi connectivity index (χ2n) is 4.93. The Bertz CT molecular complexity index is 677. The van der Waals surface area contributed by atoms with E-state index in [9.17, 15) is 5.26 Å². The number of methoxy groups -OCH3 is 1. The number of hydrogen-bond donors (Lipinski definition) is 0. The first-order valence-electron chi connectivity index (χ1n) is 6.72. The minimum Gasteiger partial charge on any atom is -0.380 e. The van der Waals surface area contributed by atoms with E-state index in [1.807, 2.05) is 13.0 Å². The first kappa shape index (κ1) is 15.6. The molecule has 0 fully saturated rings. The van der Waals surface area contributed by atoms with Crippen molar-refractivity contribution in [2.24, 2.45) is 0 Å². The Labute approximate surface area is 130 Å². The summed E-state index contributed by atoms with van der Waals surface area (Å²) in [4.78, 5) is 4.51. The molecule has 1 heterocycles. The third-order valence-corrected chi connectivity index (χ3v) is 4.11. The monoisotopic (exact) mass is 298 g/mol. The largest absolute Gasteiger partial charge is 0.380 e. The zero-order valence-electron chi connectivity index (χ0n) is 12.5. The maximum Gasteiger partial charge on any atom is 0.115 e. The van der Waals surface area contributed by atoms with Crippen LogP contribution in [0.15, 0.2) is 35.4 Å². The molecule has 0 saturated heterocycles. The van der Waals surface area contributed by atoms with Crippen molar-refractivity contribution in [3.8, 4) is 6.07 Å². The van der Waals surface area contributed by atoms with E-state index < -0.39 is 0 Å². The SMILES string of the molecule is COCc1cc(C)nc(SCc2cccc(C)c2)c1C#N. The number of aryl methyl sites for hydroxylation is 2. The summed E-state index contributed by atoms with van der Waals surface area (Å²) < 4.78 is 5.17. The third-order valence-electron chi connectivity index (χ3n) is 3.07. The van der Waals surface area contributed by atoms with Crippen LogP contribution in [0.4, 0.5) is 0 Å². The molecule has 0 aliphatic carbocycles. The second kappa shape index (κ2) is 7.26. The Hall–Kier alpha value is -1.83. The highest BCUT2D eigenvalue weighted by Gasteiger charge is 2.12. The maximum absolute atomic E-state index is 9.40. The molecule has 0 radical (unpaired) electrons. The van der Waals surface area contributed by atoms with Gasteiger partial charge in [0.15, 0.2) is 0 Å². The zero-order chi connectivity index (χ0) is 15.2. The molecule has 1 aromatic carbocycles. The molecule has 0 saturated carbocycles. The zero-order valence-corrected chi connectivity index (χ0v) is 13.3. The Morgan fingerprint density at radius 2 is 2.10 bits per heavy atom. The van der Waals surface area contributed by atoms with Crippen LogP contribution in [-0.2, 0) is 17.1 Å². The van der Waals surface area contributed by atoms with E-state index in [1.165, 1.54) is 11.1 Å². The lowest BCUT2D eigenvalue weighted by Crippen LogP contribution is -1.99. The number of ether oxygens (including phenoxy) is 1. The van der Waals surface area contributed by atoms with Crippen molar-refractivity contribution in [2.45, 2.75) is 31.2 Å². The molecule has 0 spiro atoms. The van der Waals surface area contributed by atoms with Gasteiger partial charge in [-0.3, -0.25) is 0 Å². The fourth-order valence-corrected chi connectivity index (χ4v) is 3.17. The Morgan fingerprint density at radius 1 is 1.29 bits per heavy atom. The maximum atomic E-state index is 9.40. The standard InChI is InChI=1S/C17H18N2OS/c1-12-5-4-6-14(7-12)11-21-17-16(9-18)15(10-20-3)8-13(2)19-17/h4-8H,10-11H2,1-3H3. The van der Waals surface area contributed by atoms with E-state index in [1.54, 1.807) is 18.9 Å². The van der Waals surface area contributed by atoms with E-state index in [2.05, 4.69) is 42.2 Å². The van der Waals surface area contributed by atoms with Gasteiger partial charge in [-0.05, 0) is 31.0 Å². The number of hydrogen-bond acceptors (Lipinski definition) is 4. The summed E-state index contributed by atoms with van der Waals surface area (Å²) in [6.45, 7) is 4.46. The van der Waals surface area contributed by atoms with Crippen LogP contribution in [0.3, 0.4) is 0 Å². The highest BCUT2D eigenvalue weighted by molar-refractivity contribution is 7.98. The summed E-state index contributed by atoms with van der Waals surface area (Å²) in [5.41, 5.74) is 4.92. The van der Waals surface area contributed by atoms with Gasteiger partial charge in [-0.15, -0.1) is 11.8 Å². The van der Waals surface area contributed by atoms with E-state index in [0.717, 1.165) is 22.0 Å². The number of rotatable bonds is 5. The summed E-state index contributed by atoms with van der Waals surface area (Å²) in [5, 5.41) is 10.2. The quantitative estimate of drug-likeness (QED) is 0.782. The van der Waals surface area contributed by atoms with E-state index >= 15 is 0 Å². The highest BCUT2D eigenvalue weighted by atomic mass is 32.2. The molecule has 1 aromatic heterocycles. The van der Waals surface area contributed by atoms with Crippen molar-refractivity contribution in [3.63, 3.8) is 0 Å². The third kappa shape index (κ3) is 4.07. The predicted octanol–water partition coefficient (Wildman–Crippen LogP) is 4.01. The normalized spacial score (nSPS) is 10.4. The molecule has 0 unspecified atom stereocenters. The first-order valence-corrected chi connectivity index (χ1v) is 7.70. The van der Waals surface area contributed by atoms with Crippen LogP contribution in [0.1, 0.15) is 27.9 Å². The van der Waals surface area contributed by atoms with Gasteiger partial charge in [-0.1, -0.05) is 29.8 Å². The molecule has 0 bridgehead atoms. The van der Waals surface area contributed by atoms with Crippen molar-refractivity contribution in [3.05, 3.63) is 58.3 Å². The van der Waals surface area contributed by atoms with Gasteiger partial charge in [-0.2, -0.15) is 5.26 Å². The topological polar surface area (TPSA) is 45.9 Å². The number of nitriles is 1. The molecule has 2 aromatic rings. The van der Waals surface area contributed by atoms with Gasteiger partial charge in [0.25, 0.3) is 0 Å². The fourth-order valence-electron chi connectivity index (χ4n) is 2.16. The molecule has 0 aliphatic heterocycles. The lowest BCUT2D eigenvalue weighted by atomic mass is 10.1. The molecule has 0 atom stereocenters. The minimum atomic E-state index is 0.435. The van der Waals surface area contributed by atoms with Gasteiger partial charge < -0.3 is 4.74 Å². The van der Waals surface area contributed by atoms with Gasteiger partial charge in [-0.25, -0.2) is 4.98 Å². The molecule has 0 N–H and O–H groups in total. The molecule has 0 amide bonds. The van der Waals surface area contributed by atoms with E-state index in [-0.39, 0.29) is 0 Å². The van der Waals surface area contributed by atoms with Crippen molar-refractivity contribution in [2.75, 3.05) is 7.11 Å². The Balaban J connectivity index is 2.25. The lowest BCUT2D eigenvalue weighted by Gasteiger charge is -2.10. The highest BCUT2D eigenvalue weighted by Crippen LogP contribution is 2.27. The molecule has 108 valence electrons. The van der Waals surface area contributed by atoms with Crippen LogP contribution >= 0.6 is 11.8 Å². The molecule has 0 aliphatic rings. The van der Waals surface area contributed by atoms with E-state index in [0.29, 0.717) is 12.2 Å². The number of benzene rings is 1. The van der Waals surface area contributed by atoms with Gasteiger partial charge >= 0.3 is 0 Å². The van der Waals surface area contributed by atoms with Crippen molar-refractivity contribution >= 4 is 11.8 Å². The summed E-state index contributed by atoms with van der Waals surface area (Å²) in [6, 6.07) is 12.6. The molecule has 4 heteroatoms. The van der Waals surface area contributed by atoms with Gasteiger partial charge in [0.05, 0.1) is 12.2 Å². The summed E-state index contributed by atoms with van der Waals surface area (Å²) in [6.07, 6.45) is 0. The fraction of sp³-hybridized carbons (Fsp3) is 0.294. The van der Waals surface area contributed by atoms with Crippen molar-refractivity contribution in [1.82, 2.24) is 4.98 Å². The van der Waals surface area contributed by atoms with Crippen LogP contribution in [0.2, 0.25) is 0 Å². The molecule has 21 heavy (non-hydrogen) atoms. The van der Waals surface area contributed by atoms with Crippen LogP contribution in [0, 0.1) is 25.2 Å². The number of nitrogens with zero attached hydrogens (tertiary/aromatic N) is 2. The molecule has 3 nitrogen and oxygen atoms in total. The van der Waals surface area contributed by atoms with Gasteiger partial charge in [0, 0.05) is 18.6 Å². The van der Waals surface area contributed by atoms with Crippen LogP contribution in [-0.4, -0.2) is 12.1 Å². The van der Waals surface area contributed by atoms with Crippen molar-refractivity contribution in [1.29, 1.82) is 5.26 Å². The number of aromatic nitrogens is 1. The first-order chi connectivity index (χ1) is 10.1. The molecule has 2 rings (SSSR count). The summed E-state index contributed by atoms with van der Waals surface area (Å²) in [7, 11) is 1.64. The Kier molecular flexibility index (Phi) is 5.38. The lowest BCUT2D eigenvalue weighted by molar-refractivity contribution is 0.184. The average molecular weight is 298 g/mol. The van der Waals surface area contributed by atoms with Crippen LogP contribution in [0.25, 0.3) is 0 Å². The average Bonchev–Trinajstić information content (AvgIpc) is 2.45. The van der Waals surface area contributed by atoms with Gasteiger partial charge in [0.1, 0.15) is 11.1 Å². The van der Waals surface area contributed by atoms with Crippen molar-refractivity contribution < 1.29 is 4.74 Å². The predicted molar refractivity (Wildman–Crippen MR) is 85.1 cm³/mol. The van der Waals surface area contributed by atoms with Gasteiger partial charge in [0.2, 0.25) is 0 Å². The Morgan fingerprint density at radius 3 is 2.76 bits per heavy atom. The number of thioether (sulfide) groups is 1. The second-order valence-corrected chi connectivity index (χ2v) is 5.89. The molecular weight excluding hydrogens is 280 g/mol. The molecular formula is C17H18N2OS. The summed E-state index contributed by atoms with van der Waals surface area (Å²) in [5.74, 6) is 0.805. The van der Waals surface area contributed by atoms with Crippen LogP contribution < -0.4 is 0 Å². The number of pyridine rings is 1. The van der Waals surface area contributed by atoms with Crippen LogP contribution in [0.5, 0.6) is 0 Å². The minimum absolute atomic E-state index is 0.435.